The molecule has 4 rings (SSSR count). The van der Waals surface area contributed by atoms with Gasteiger partial charge in [-0.1, -0.05) is 29.8 Å². The first-order chi connectivity index (χ1) is 13.3. The lowest BCUT2D eigenvalue weighted by Gasteiger charge is -2.28. The van der Waals surface area contributed by atoms with E-state index in [2.05, 4.69) is 10.1 Å². The fraction of sp³-hybridized carbons (Fsp3) is 0.400. The van der Waals surface area contributed by atoms with E-state index >= 15 is 0 Å². The molecule has 8 heteroatoms. The maximum Gasteiger partial charge on any atom is 0.332 e. The lowest BCUT2D eigenvalue weighted by atomic mass is 10.1. The van der Waals surface area contributed by atoms with Gasteiger partial charge in [0.1, 0.15) is 0 Å². The third-order valence-corrected chi connectivity index (χ3v) is 5.42. The van der Waals surface area contributed by atoms with Crippen molar-refractivity contribution in [3.05, 3.63) is 56.2 Å². The summed E-state index contributed by atoms with van der Waals surface area (Å²) in [5, 5.41) is 6.34. The fourth-order valence-electron chi connectivity index (χ4n) is 3.61. The number of fused-ring (bicyclic) bond motifs is 3. The molecule has 0 saturated carbocycles. The molecule has 0 fully saturated rings. The smallest absolute Gasteiger partial charge is 0.294 e. The Morgan fingerprint density at radius 2 is 1.79 bits per heavy atom. The van der Waals surface area contributed by atoms with Gasteiger partial charge in [0.15, 0.2) is 11.2 Å². The van der Waals surface area contributed by atoms with Crippen LogP contribution in [0.25, 0.3) is 11.2 Å². The number of hydrogen-bond acceptors (Lipinski definition) is 5. The molecule has 0 saturated heterocycles. The third kappa shape index (κ3) is 2.59. The molecule has 28 heavy (non-hydrogen) atoms. The number of rotatable bonds is 3. The highest BCUT2D eigenvalue weighted by molar-refractivity contribution is 5.91. The highest BCUT2D eigenvalue weighted by Gasteiger charge is 2.29. The van der Waals surface area contributed by atoms with E-state index in [1.54, 1.807) is 12.1 Å². The van der Waals surface area contributed by atoms with Gasteiger partial charge in [-0.3, -0.25) is 18.5 Å². The average Bonchev–Trinajstić information content (AvgIpc) is 3.09. The largest absolute Gasteiger partial charge is 0.332 e. The number of hydrogen-bond donors (Lipinski definition) is 0. The maximum absolute atomic E-state index is 13.4. The van der Waals surface area contributed by atoms with Gasteiger partial charge in [-0.25, -0.2) is 9.80 Å². The Bertz CT molecular complexity index is 1210. The van der Waals surface area contributed by atoms with Crippen LogP contribution in [0.15, 0.2) is 39.0 Å². The van der Waals surface area contributed by atoms with Crippen LogP contribution in [0.3, 0.4) is 0 Å². The predicted molar refractivity (Wildman–Crippen MR) is 110 cm³/mol. The van der Waals surface area contributed by atoms with Crippen molar-refractivity contribution in [3.63, 3.8) is 0 Å². The topological polar surface area (TPSA) is 77.4 Å². The number of hydrazone groups is 1. The van der Waals surface area contributed by atoms with Crippen LogP contribution >= 0.6 is 0 Å². The van der Waals surface area contributed by atoms with Crippen molar-refractivity contribution in [2.24, 2.45) is 12.1 Å². The minimum atomic E-state index is -0.373. The standard InChI is InChI=1S/C20H24N6O2/c1-6-25-19-21-17-16(26(19)14(4)13(3)22-25)18(27)24(20(28)23(17)5)11-15-9-7-12(2)8-10-15/h7-10,14H,6,11H2,1-5H3/t14-/m0/s1. The first-order valence-corrected chi connectivity index (χ1v) is 9.43. The molecular formula is C20H24N6O2. The zero-order chi connectivity index (χ0) is 20.2. The Labute approximate surface area is 162 Å². The number of nitrogens with zero attached hydrogens (tertiary/aromatic N) is 6. The Morgan fingerprint density at radius 1 is 1.11 bits per heavy atom. The van der Waals surface area contributed by atoms with Crippen molar-refractivity contribution in [3.8, 4) is 0 Å². The van der Waals surface area contributed by atoms with E-state index in [-0.39, 0.29) is 23.8 Å². The molecule has 1 aromatic carbocycles. The van der Waals surface area contributed by atoms with Crippen LogP contribution in [-0.4, -0.2) is 30.9 Å². The van der Waals surface area contributed by atoms with Gasteiger partial charge in [0.05, 0.1) is 18.3 Å². The van der Waals surface area contributed by atoms with Gasteiger partial charge in [0, 0.05) is 13.6 Å². The molecule has 8 nitrogen and oxygen atoms in total. The van der Waals surface area contributed by atoms with Crippen LogP contribution in [0, 0.1) is 6.92 Å². The predicted octanol–water partition coefficient (Wildman–Crippen LogP) is 2.03. The molecule has 1 atom stereocenters. The minimum Gasteiger partial charge on any atom is -0.294 e. The molecule has 1 aliphatic rings. The van der Waals surface area contributed by atoms with E-state index in [1.165, 1.54) is 9.13 Å². The van der Waals surface area contributed by atoms with Crippen molar-refractivity contribution in [2.45, 2.75) is 40.3 Å². The van der Waals surface area contributed by atoms with Crippen LogP contribution in [0.1, 0.15) is 37.9 Å². The second-order valence-corrected chi connectivity index (χ2v) is 7.31. The van der Waals surface area contributed by atoms with Gasteiger partial charge >= 0.3 is 5.69 Å². The molecule has 3 heterocycles. The van der Waals surface area contributed by atoms with Crippen LogP contribution in [-0.2, 0) is 13.6 Å². The summed E-state index contributed by atoms with van der Waals surface area (Å²) in [6.45, 7) is 8.76. The fourth-order valence-corrected chi connectivity index (χ4v) is 3.61. The van der Waals surface area contributed by atoms with Crippen molar-refractivity contribution in [1.29, 1.82) is 0 Å². The maximum atomic E-state index is 13.4. The highest BCUT2D eigenvalue weighted by atomic mass is 16.2. The zero-order valence-corrected chi connectivity index (χ0v) is 16.8. The first kappa shape index (κ1) is 18.2. The van der Waals surface area contributed by atoms with E-state index in [9.17, 15) is 9.59 Å². The van der Waals surface area contributed by atoms with Gasteiger partial charge in [0.25, 0.3) is 5.56 Å². The molecule has 0 radical (unpaired) electrons. The molecule has 0 aliphatic carbocycles. The summed E-state index contributed by atoms with van der Waals surface area (Å²) in [5.74, 6) is 0.593. The number of benzene rings is 1. The molecule has 3 aromatic rings. The van der Waals surface area contributed by atoms with Crippen LogP contribution < -0.4 is 16.3 Å². The molecule has 0 spiro atoms. The average molecular weight is 380 g/mol. The normalized spacial score (nSPS) is 16.4. The summed E-state index contributed by atoms with van der Waals surface area (Å²) in [5.41, 5.74) is 3.06. The van der Waals surface area contributed by atoms with Crippen molar-refractivity contribution in [2.75, 3.05) is 11.6 Å². The summed E-state index contributed by atoms with van der Waals surface area (Å²) in [6, 6.07) is 7.72. The molecule has 0 bridgehead atoms. The van der Waals surface area contributed by atoms with Crippen LogP contribution in [0.2, 0.25) is 0 Å². The second kappa shape index (κ2) is 6.47. The summed E-state index contributed by atoms with van der Waals surface area (Å²) in [7, 11) is 1.66. The Hall–Kier alpha value is -3.16. The Kier molecular flexibility index (Phi) is 4.21. The molecular weight excluding hydrogens is 356 g/mol. The Morgan fingerprint density at radius 3 is 2.43 bits per heavy atom. The number of aromatic nitrogens is 4. The van der Waals surface area contributed by atoms with Crippen LogP contribution in [0.5, 0.6) is 0 Å². The molecule has 0 N–H and O–H groups in total. The van der Waals surface area contributed by atoms with E-state index in [0.29, 0.717) is 23.7 Å². The summed E-state index contributed by atoms with van der Waals surface area (Å²) in [4.78, 5) is 30.9. The van der Waals surface area contributed by atoms with Gasteiger partial charge in [-0.2, -0.15) is 10.1 Å². The van der Waals surface area contributed by atoms with E-state index in [1.807, 2.05) is 56.5 Å². The quantitative estimate of drug-likeness (QED) is 0.697. The third-order valence-electron chi connectivity index (χ3n) is 5.42. The van der Waals surface area contributed by atoms with Gasteiger partial charge in [-0.05, 0) is 33.3 Å². The second-order valence-electron chi connectivity index (χ2n) is 7.31. The summed E-state index contributed by atoms with van der Waals surface area (Å²) in [6.07, 6.45) is 0. The summed E-state index contributed by atoms with van der Waals surface area (Å²) < 4.78 is 4.63. The zero-order valence-electron chi connectivity index (χ0n) is 16.8. The van der Waals surface area contributed by atoms with E-state index < -0.39 is 0 Å². The lowest BCUT2D eigenvalue weighted by molar-refractivity contribution is 0.631. The van der Waals surface area contributed by atoms with Crippen molar-refractivity contribution < 1.29 is 0 Å². The molecule has 1 aliphatic heterocycles. The Balaban J connectivity index is 1.99. The number of imidazole rings is 1. The van der Waals surface area contributed by atoms with Gasteiger partial charge in [-0.15, -0.1) is 0 Å². The van der Waals surface area contributed by atoms with Crippen molar-refractivity contribution >= 4 is 22.8 Å². The summed E-state index contributed by atoms with van der Waals surface area (Å²) >= 11 is 0. The van der Waals surface area contributed by atoms with Gasteiger partial charge < -0.3 is 0 Å². The molecule has 0 amide bonds. The molecule has 2 aromatic heterocycles. The van der Waals surface area contributed by atoms with Crippen LogP contribution in [0.4, 0.5) is 5.95 Å². The van der Waals surface area contributed by atoms with E-state index in [0.717, 1.165) is 16.8 Å². The van der Waals surface area contributed by atoms with Crippen molar-refractivity contribution in [1.82, 2.24) is 18.7 Å². The van der Waals surface area contributed by atoms with Gasteiger partial charge in [0.2, 0.25) is 5.95 Å². The lowest BCUT2D eigenvalue weighted by Crippen LogP contribution is -2.40. The number of aryl methyl sites for hydroxylation is 2. The minimum absolute atomic E-state index is 0.110. The number of anilines is 1. The first-order valence-electron chi connectivity index (χ1n) is 9.43. The molecule has 146 valence electrons. The highest BCUT2D eigenvalue weighted by Crippen LogP contribution is 2.29. The SMILES string of the molecule is CCN1N=C(C)[C@H](C)n2c1nc1c2c(=O)n(Cc2ccc(C)cc2)c(=O)n1C. The van der Waals surface area contributed by atoms with E-state index in [4.69, 9.17) is 0 Å². The monoisotopic (exact) mass is 380 g/mol. The molecule has 0 unspecified atom stereocenters.